The fraction of sp³-hybridized carbons (Fsp3) is 0.385. The first-order valence-electron chi connectivity index (χ1n) is 6.12. The second-order valence-corrected chi connectivity index (χ2v) is 4.54. The summed E-state index contributed by atoms with van der Waals surface area (Å²) in [5.41, 5.74) is 0. The number of furan rings is 1. The monoisotopic (exact) mass is 245 g/mol. The van der Waals surface area contributed by atoms with E-state index in [4.69, 9.17) is 4.42 Å². The number of carbonyl (C=O) groups is 1. The highest BCUT2D eigenvalue weighted by molar-refractivity contribution is 5.92. The summed E-state index contributed by atoms with van der Waals surface area (Å²) >= 11 is 0. The third-order valence-corrected chi connectivity index (χ3v) is 3.30. The van der Waals surface area contributed by atoms with Gasteiger partial charge in [0.25, 0.3) is 5.91 Å². The summed E-state index contributed by atoms with van der Waals surface area (Å²) in [4.78, 5) is 21.5. The number of nitrogens with one attached hydrogen (secondary N) is 1. The van der Waals surface area contributed by atoms with Gasteiger partial charge in [-0.3, -0.25) is 4.79 Å². The number of likely N-dealkylation sites (tertiary alicyclic amines) is 1. The first-order valence-corrected chi connectivity index (χ1v) is 6.12. The van der Waals surface area contributed by atoms with Gasteiger partial charge in [0.2, 0.25) is 0 Å². The summed E-state index contributed by atoms with van der Waals surface area (Å²) < 4.78 is 5.40. The van der Waals surface area contributed by atoms with Crippen LogP contribution in [0, 0.1) is 6.92 Å². The zero-order chi connectivity index (χ0) is 12.5. The Morgan fingerprint density at radius 3 is 3.11 bits per heavy atom. The molecular weight excluding hydrogens is 230 g/mol. The molecule has 1 unspecified atom stereocenters. The molecule has 18 heavy (non-hydrogen) atoms. The van der Waals surface area contributed by atoms with Crippen molar-refractivity contribution in [1.29, 1.82) is 0 Å². The smallest absolute Gasteiger partial charge is 0.290 e. The van der Waals surface area contributed by atoms with E-state index in [1.807, 2.05) is 17.9 Å². The summed E-state index contributed by atoms with van der Waals surface area (Å²) in [7, 11) is 0. The Hall–Kier alpha value is -2.04. The fourth-order valence-corrected chi connectivity index (χ4v) is 2.44. The van der Waals surface area contributed by atoms with E-state index in [1.54, 1.807) is 18.5 Å². The Labute approximate surface area is 105 Å². The molecular formula is C13H15N3O2. The van der Waals surface area contributed by atoms with E-state index in [0.717, 1.165) is 31.0 Å². The van der Waals surface area contributed by atoms with Gasteiger partial charge in [-0.15, -0.1) is 0 Å². The van der Waals surface area contributed by atoms with Crippen molar-refractivity contribution in [2.24, 2.45) is 0 Å². The molecule has 0 spiro atoms. The van der Waals surface area contributed by atoms with E-state index in [1.165, 1.54) is 0 Å². The van der Waals surface area contributed by atoms with E-state index in [-0.39, 0.29) is 11.9 Å². The van der Waals surface area contributed by atoms with Crippen molar-refractivity contribution >= 4 is 5.91 Å². The number of carbonyl (C=O) groups excluding carboxylic acids is 1. The van der Waals surface area contributed by atoms with Crippen LogP contribution in [0.4, 0.5) is 0 Å². The highest BCUT2D eigenvalue weighted by atomic mass is 16.3. The average molecular weight is 245 g/mol. The van der Waals surface area contributed by atoms with Crippen LogP contribution in [-0.2, 0) is 0 Å². The molecule has 1 fully saturated rings. The lowest BCUT2D eigenvalue weighted by Crippen LogP contribution is -2.30. The first kappa shape index (κ1) is 11.1. The topological polar surface area (TPSA) is 62.1 Å². The number of aryl methyl sites for hydroxylation is 1. The van der Waals surface area contributed by atoms with Crippen LogP contribution in [-0.4, -0.2) is 27.3 Å². The molecule has 94 valence electrons. The van der Waals surface area contributed by atoms with Crippen LogP contribution in [0.5, 0.6) is 0 Å². The molecule has 0 aromatic carbocycles. The minimum absolute atomic E-state index is 0.0397. The predicted octanol–water partition coefficient (Wildman–Crippen LogP) is 2.29. The van der Waals surface area contributed by atoms with Crippen molar-refractivity contribution < 1.29 is 9.21 Å². The van der Waals surface area contributed by atoms with Gasteiger partial charge in [0.15, 0.2) is 5.76 Å². The van der Waals surface area contributed by atoms with Gasteiger partial charge in [0.05, 0.1) is 6.04 Å². The first-order chi connectivity index (χ1) is 8.75. The van der Waals surface area contributed by atoms with Crippen molar-refractivity contribution in [3.05, 3.63) is 41.9 Å². The maximum absolute atomic E-state index is 12.4. The lowest BCUT2D eigenvalue weighted by atomic mass is 10.2. The number of H-pyrrole nitrogens is 1. The number of nitrogens with zero attached hydrogens (tertiary/aromatic N) is 2. The quantitative estimate of drug-likeness (QED) is 0.883. The molecule has 3 heterocycles. The number of imidazole rings is 1. The molecule has 1 aliphatic rings. The van der Waals surface area contributed by atoms with Crippen molar-refractivity contribution in [3.8, 4) is 0 Å². The van der Waals surface area contributed by atoms with Crippen LogP contribution in [0.25, 0.3) is 0 Å². The van der Waals surface area contributed by atoms with Crippen LogP contribution in [0.2, 0.25) is 0 Å². The van der Waals surface area contributed by atoms with Gasteiger partial charge in [-0.05, 0) is 31.9 Å². The second kappa shape index (κ2) is 4.33. The maximum Gasteiger partial charge on any atom is 0.290 e. The van der Waals surface area contributed by atoms with Gasteiger partial charge >= 0.3 is 0 Å². The van der Waals surface area contributed by atoms with Crippen molar-refractivity contribution in [2.75, 3.05) is 6.54 Å². The predicted molar refractivity (Wildman–Crippen MR) is 65.0 cm³/mol. The van der Waals surface area contributed by atoms with Crippen molar-refractivity contribution in [1.82, 2.24) is 14.9 Å². The maximum atomic E-state index is 12.4. The molecule has 0 aliphatic carbocycles. The fourth-order valence-electron chi connectivity index (χ4n) is 2.44. The molecule has 0 radical (unpaired) electrons. The van der Waals surface area contributed by atoms with Crippen LogP contribution < -0.4 is 0 Å². The Kier molecular flexibility index (Phi) is 2.66. The van der Waals surface area contributed by atoms with E-state index >= 15 is 0 Å². The average Bonchev–Trinajstić information content (AvgIpc) is 3.08. The zero-order valence-electron chi connectivity index (χ0n) is 10.2. The number of hydrogen-bond donors (Lipinski definition) is 1. The molecule has 2 aromatic heterocycles. The summed E-state index contributed by atoms with van der Waals surface area (Å²) in [6.07, 6.45) is 5.44. The third kappa shape index (κ3) is 1.81. The number of aromatic amines is 1. The van der Waals surface area contributed by atoms with Gasteiger partial charge in [0.1, 0.15) is 11.6 Å². The van der Waals surface area contributed by atoms with Gasteiger partial charge in [-0.1, -0.05) is 0 Å². The largest absolute Gasteiger partial charge is 0.456 e. The zero-order valence-corrected chi connectivity index (χ0v) is 10.2. The number of hydrogen-bond acceptors (Lipinski definition) is 3. The molecule has 1 aliphatic heterocycles. The Bertz CT molecular complexity index is 544. The standard InChI is InChI=1S/C13H15N3O2/c1-9-4-5-11(18-9)13(17)16-8-2-3-10(16)12-14-6-7-15-12/h4-7,10H,2-3,8H2,1H3,(H,14,15). The molecule has 0 bridgehead atoms. The summed E-state index contributed by atoms with van der Waals surface area (Å²) in [5, 5.41) is 0. The minimum Gasteiger partial charge on any atom is -0.456 e. The molecule has 1 saturated heterocycles. The SMILES string of the molecule is Cc1ccc(C(=O)N2CCCC2c2ncc[nH]2)o1. The van der Waals surface area contributed by atoms with E-state index in [2.05, 4.69) is 9.97 Å². The van der Waals surface area contributed by atoms with Crippen LogP contribution in [0.3, 0.4) is 0 Å². The normalized spacial score (nSPS) is 19.4. The molecule has 3 rings (SSSR count). The van der Waals surface area contributed by atoms with Crippen LogP contribution >= 0.6 is 0 Å². The second-order valence-electron chi connectivity index (χ2n) is 4.54. The third-order valence-electron chi connectivity index (χ3n) is 3.30. The van der Waals surface area contributed by atoms with Crippen molar-refractivity contribution in [2.45, 2.75) is 25.8 Å². The Balaban J connectivity index is 1.85. The number of rotatable bonds is 2. The minimum atomic E-state index is -0.0537. The molecule has 5 heteroatoms. The summed E-state index contributed by atoms with van der Waals surface area (Å²) in [6.45, 7) is 2.59. The lowest BCUT2D eigenvalue weighted by Gasteiger charge is -2.21. The van der Waals surface area contributed by atoms with E-state index in [0.29, 0.717) is 5.76 Å². The molecule has 2 aromatic rings. The summed E-state index contributed by atoms with van der Waals surface area (Å²) in [6, 6.07) is 3.58. The number of aromatic nitrogens is 2. The molecule has 1 amide bonds. The Morgan fingerprint density at radius 1 is 1.56 bits per heavy atom. The molecule has 0 saturated carbocycles. The van der Waals surface area contributed by atoms with Gasteiger partial charge in [-0.2, -0.15) is 0 Å². The van der Waals surface area contributed by atoms with Crippen LogP contribution in [0.15, 0.2) is 28.9 Å². The summed E-state index contributed by atoms with van der Waals surface area (Å²) in [5.74, 6) is 1.96. The Morgan fingerprint density at radius 2 is 2.44 bits per heavy atom. The lowest BCUT2D eigenvalue weighted by molar-refractivity contribution is 0.0696. The highest BCUT2D eigenvalue weighted by Gasteiger charge is 2.33. The number of amides is 1. The molecule has 1 N–H and O–H groups in total. The molecule has 1 atom stereocenters. The van der Waals surface area contributed by atoms with Gasteiger partial charge < -0.3 is 14.3 Å². The van der Waals surface area contributed by atoms with Gasteiger partial charge in [-0.25, -0.2) is 4.98 Å². The van der Waals surface area contributed by atoms with Crippen LogP contribution in [0.1, 0.15) is 41.0 Å². The molecule has 5 nitrogen and oxygen atoms in total. The van der Waals surface area contributed by atoms with Gasteiger partial charge in [0, 0.05) is 18.9 Å². The van der Waals surface area contributed by atoms with Crippen molar-refractivity contribution in [3.63, 3.8) is 0 Å². The van der Waals surface area contributed by atoms with E-state index < -0.39 is 0 Å². The highest BCUT2D eigenvalue weighted by Crippen LogP contribution is 2.31. The van der Waals surface area contributed by atoms with E-state index in [9.17, 15) is 4.79 Å².